The number of halogens is 3. The zero-order valence-corrected chi connectivity index (χ0v) is 10.5. The van der Waals surface area contributed by atoms with Crippen molar-refractivity contribution in [3.63, 3.8) is 0 Å². The van der Waals surface area contributed by atoms with Gasteiger partial charge in [0.2, 0.25) is 0 Å². The van der Waals surface area contributed by atoms with Crippen molar-refractivity contribution in [1.82, 2.24) is 5.32 Å². The highest BCUT2D eigenvalue weighted by atomic mass is 19.4. The zero-order chi connectivity index (χ0) is 14.5. The van der Waals surface area contributed by atoms with E-state index >= 15 is 0 Å². The van der Waals surface area contributed by atoms with E-state index in [0.717, 1.165) is 0 Å². The summed E-state index contributed by atoms with van der Waals surface area (Å²) in [6, 6.07) is 4.88. The zero-order valence-electron chi connectivity index (χ0n) is 10.5. The van der Waals surface area contributed by atoms with Gasteiger partial charge in [0.15, 0.2) is 0 Å². The van der Waals surface area contributed by atoms with E-state index in [-0.39, 0.29) is 18.9 Å². The monoisotopic (exact) mass is 275 g/mol. The third-order valence-corrected chi connectivity index (χ3v) is 2.56. The lowest BCUT2D eigenvalue weighted by Crippen LogP contribution is -2.26. The van der Waals surface area contributed by atoms with E-state index < -0.39 is 12.6 Å². The number of hydrogen-bond acceptors (Lipinski definition) is 3. The Labute approximate surface area is 109 Å². The molecule has 0 bridgehead atoms. The number of anilines is 1. The lowest BCUT2D eigenvalue weighted by atomic mass is 10.1. The molecule has 0 aliphatic rings. The maximum Gasteiger partial charge on any atom is 0.389 e. The van der Waals surface area contributed by atoms with Crippen LogP contribution in [0.5, 0.6) is 0 Å². The van der Waals surface area contributed by atoms with Gasteiger partial charge in [0.05, 0.1) is 0 Å². The van der Waals surface area contributed by atoms with E-state index in [1.807, 2.05) is 0 Å². The van der Waals surface area contributed by atoms with Gasteiger partial charge < -0.3 is 10.7 Å². The maximum absolute atomic E-state index is 11.9. The molecule has 19 heavy (non-hydrogen) atoms. The number of aryl methyl sites for hydroxylation is 1. The first kappa shape index (κ1) is 15.3. The van der Waals surface area contributed by atoms with E-state index in [9.17, 15) is 18.0 Å². The minimum Gasteiger partial charge on any atom is -0.352 e. The van der Waals surface area contributed by atoms with Crippen molar-refractivity contribution < 1.29 is 18.0 Å². The molecule has 1 aromatic rings. The van der Waals surface area contributed by atoms with Gasteiger partial charge in [-0.1, -0.05) is 0 Å². The summed E-state index contributed by atoms with van der Waals surface area (Å²) in [6.07, 6.45) is -5.21. The third kappa shape index (κ3) is 5.17. The summed E-state index contributed by atoms with van der Waals surface area (Å²) in [6.45, 7) is 1.72. The molecule has 4 nitrogen and oxygen atoms in total. The molecule has 1 amide bonds. The van der Waals surface area contributed by atoms with Gasteiger partial charge in [-0.05, 0) is 37.1 Å². The molecule has 0 saturated heterocycles. The van der Waals surface area contributed by atoms with Gasteiger partial charge in [-0.3, -0.25) is 10.6 Å². The second kappa shape index (κ2) is 6.42. The molecule has 0 radical (unpaired) electrons. The Balaban J connectivity index is 2.50. The Morgan fingerprint density at radius 3 is 2.58 bits per heavy atom. The first-order chi connectivity index (χ1) is 8.83. The SMILES string of the molecule is Cc1cc(NN)ccc1C(=O)NCCCC(F)(F)F. The van der Waals surface area contributed by atoms with Crippen LogP contribution in [0.3, 0.4) is 0 Å². The average Bonchev–Trinajstić information content (AvgIpc) is 2.33. The molecule has 0 spiro atoms. The molecule has 1 rings (SSSR count). The molecule has 0 heterocycles. The number of hydrazine groups is 1. The molecular weight excluding hydrogens is 259 g/mol. The van der Waals surface area contributed by atoms with Crippen molar-refractivity contribution in [1.29, 1.82) is 0 Å². The van der Waals surface area contributed by atoms with Crippen molar-refractivity contribution in [3.05, 3.63) is 29.3 Å². The van der Waals surface area contributed by atoms with Crippen LogP contribution in [0.15, 0.2) is 18.2 Å². The first-order valence-electron chi connectivity index (χ1n) is 5.75. The predicted molar refractivity (Wildman–Crippen MR) is 66.6 cm³/mol. The maximum atomic E-state index is 11.9. The normalized spacial score (nSPS) is 11.2. The molecule has 1 aromatic carbocycles. The van der Waals surface area contributed by atoms with E-state index in [4.69, 9.17) is 5.84 Å². The Kier molecular flexibility index (Phi) is 5.17. The van der Waals surface area contributed by atoms with Gasteiger partial charge in [0.25, 0.3) is 5.91 Å². The van der Waals surface area contributed by atoms with Gasteiger partial charge in [0.1, 0.15) is 0 Å². The largest absolute Gasteiger partial charge is 0.389 e. The fourth-order valence-electron chi connectivity index (χ4n) is 1.59. The van der Waals surface area contributed by atoms with Gasteiger partial charge >= 0.3 is 6.18 Å². The lowest BCUT2D eigenvalue weighted by molar-refractivity contribution is -0.135. The number of carbonyl (C=O) groups is 1. The highest BCUT2D eigenvalue weighted by Gasteiger charge is 2.26. The number of benzene rings is 1. The van der Waals surface area contributed by atoms with E-state index in [0.29, 0.717) is 16.8 Å². The minimum absolute atomic E-state index is 0.00528. The predicted octanol–water partition coefficient (Wildman–Crippen LogP) is 2.35. The standard InChI is InChI=1S/C12H16F3N3O/c1-8-7-9(18-16)3-4-10(8)11(19)17-6-2-5-12(13,14)15/h3-4,7,18H,2,5-6,16H2,1H3,(H,17,19). The average molecular weight is 275 g/mol. The highest BCUT2D eigenvalue weighted by Crippen LogP contribution is 2.20. The Morgan fingerprint density at radius 2 is 2.05 bits per heavy atom. The summed E-state index contributed by atoms with van der Waals surface area (Å²) < 4.78 is 35.8. The van der Waals surface area contributed by atoms with Crippen LogP contribution in [-0.4, -0.2) is 18.6 Å². The quantitative estimate of drug-likeness (QED) is 0.439. The molecule has 0 aliphatic carbocycles. The Morgan fingerprint density at radius 1 is 1.37 bits per heavy atom. The summed E-state index contributed by atoms with van der Waals surface area (Å²) in [4.78, 5) is 11.7. The van der Waals surface area contributed by atoms with E-state index in [1.165, 1.54) is 0 Å². The summed E-state index contributed by atoms with van der Waals surface area (Å²) in [5, 5.41) is 2.46. The molecule has 0 aliphatic heterocycles. The van der Waals surface area contributed by atoms with Crippen LogP contribution in [0.2, 0.25) is 0 Å². The minimum atomic E-state index is -4.19. The van der Waals surface area contributed by atoms with Gasteiger partial charge in [0, 0.05) is 24.2 Å². The van der Waals surface area contributed by atoms with Crippen molar-refractivity contribution in [2.24, 2.45) is 5.84 Å². The summed E-state index contributed by atoms with van der Waals surface area (Å²) >= 11 is 0. The van der Waals surface area contributed by atoms with Crippen LogP contribution in [0.25, 0.3) is 0 Å². The molecule has 0 saturated carbocycles. The smallest absolute Gasteiger partial charge is 0.352 e. The third-order valence-electron chi connectivity index (χ3n) is 2.56. The summed E-state index contributed by atoms with van der Waals surface area (Å²) in [5.74, 6) is 4.84. The molecule has 106 valence electrons. The Hall–Kier alpha value is -1.76. The van der Waals surface area contributed by atoms with Gasteiger partial charge in [-0.25, -0.2) is 0 Å². The topological polar surface area (TPSA) is 67.1 Å². The molecule has 0 aromatic heterocycles. The summed E-state index contributed by atoms with van der Waals surface area (Å²) in [7, 11) is 0. The van der Waals surface area contributed by atoms with Crippen molar-refractivity contribution in [3.8, 4) is 0 Å². The second-order valence-electron chi connectivity index (χ2n) is 4.15. The van der Waals surface area contributed by atoms with Crippen LogP contribution in [-0.2, 0) is 0 Å². The van der Waals surface area contributed by atoms with Crippen LogP contribution in [0.1, 0.15) is 28.8 Å². The van der Waals surface area contributed by atoms with Crippen LogP contribution in [0.4, 0.5) is 18.9 Å². The fraction of sp³-hybridized carbons (Fsp3) is 0.417. The molecule has 0 unspecified atom stereocenters. The number of nitrogens with one attached hydrogen (secondary N) is 2. The lowest BCUT2D eigenvalue weighted by Gasteiger charge is -2.10. The first-order valence-corrected chi connectivity index (χ1v) is 5.75. The van der Waals surface area contributed by atoms with Crippen molar-refractivity contribution >= 4 is 11.6 Å². The van der Waals surface area contributed by atoms with E-state index in [1.54, 1.807) is 25.1 Å². The fourth-order valence-corrected chi connectivity index (χ4v) is 1.59. The highest BCUT2D eigenvalue weighted by molar-refractivity contribution is 5.96. The van der Waals surface area contributed by atoms with Crippen LogP contribution >= 0.6 is 0 Å². The number of nitrogen functional groups attached to an aromatic ring is 1. The number of amides is 1. The number of carbonyl (C=O) groups excluding carboxylic acids is 1. The van der Waals surface area contributed by atoms with Crippen molar-refractivity contribution in [2.75, 3.05) is 12.0 Å². The molecular formula is C12H16F3N3O. The number of nitrogens with two attached hydrogens (primary N) is 1. The molecule has 0 fully saturated rings. The second-order valence-corrected chi connectivity index (χ2v) is 4.15. The number of rotatable bonds is 5. The number of hydrogen-bond donors (Lipinski definition) is 3. The summed E-state index contributed by atoms with van der Waals surface area (Å²) in [5.41, 5.74) is 4.22. The molecule has 4 N–H and O–H groups in total. The van der Waals surface area contributed by atoms with Crippen molar-refractivity contribution in [2.45, 2.75) is 25.9 Å². The molecule has 7 heteroatoms. The number of alkyl halides is 3. The molecule has 0 atom stereocenters. The van der Waals surface area contributed by atoms with Gasteiger partial charge in [-0.2, -0.15) is 13.2 Å². The van der Waals surface area contributed by atoms with Crippen LogP contribution < -0.4 is 16.6 Å². The van der Waals surface area contributed by atoms with E-state index in [2.05, 4.69) is 10.7 Å². The van der Waals surface area contributed by atoms with Gasteiger partial charge in [-0.15, -0.1) is 0 Å². The Bertz CT molecular complexity index is 446. The van der Waals surface area contributed by atoms with Crippen LogP contribution in [0, 0.1) is 6.92 Å².